The summed E-state index contributed by atoms with van der Waals surface area (Å²) in [5, 5.41) is 13.4. The van der Waals surface area contributed by atoms with Crippen LogP contribution in [0.15, 0.2) is 24.3 Å². The summed E-state index contributed by atoms with van der Waals surface area (Å²) >= 11 is 0. The Hall–Kier alpha value is -1.62. The van der Waals surface area contributed by atoms with Gasteiger partial charge in [0.15, 0.2) is 0 Å². The van der Waals surface area contributed by atoms with E-state index in [1.165, 1.54) is 0 Å². The van der Waals surface area contributed by atoms with E-state index in [2.05, 4.69) is 17.2 Å². The van der Waals surface area contributed by atoms with Gasteiger partial charge >= 0.3 is 5.97 Å². The van der Waals surface area contributed by atoms with Crippen molar-refractivity contribution in [1.82, 2.24) is 10.6 Å². The standard InChI is InChI=1S/C10H16N2O3/c1-3-4-8(2)5-11-6-9(13)12-7-10(14)15/h3-4,11H,1,5-7H2,2H3,(H,12,13)(H,14,15)/b8-4+. The minimum absolute atomic E-state index is 0.107. The number of nitrogens with one attached hydrogen (secondary N) is 2. The van der Waals surface area contributed by atoms with Gasteiger partial charge in [-0.1, -0.05) is 24.3 Å². The minimum Gasteiger partial charge on any atom is -0.480 e. The number of carboxylic acids is 1. The van der Waals surface area contributed by atoms with Crippen LogP contribution in [0.4, 0.5) is 0 Å². The third kappa shape index (κ3) is 8.70. The van der Waals surface area contributed by atoms with Gasteiger partial charge in [0.25, 0.3) is 0 Å². The molecular weight excluding hydrogens is 196 g/mol. The molecule has 15 heavy (non-hydrogen) atoms. The molecule has 0 rings (SSSR count). The molecule has 1 amide bonds. The molecule has 84 valence electrons. The summed E-state index contributed by atoms with van der Waals surface area (Å²) in [5.41, 5.74) is 1.05. The van der Waals surface area contributed by atoms with Gasteiger partial charge in [0.05, 0.1) is 6.54 Å². The summed E-state index contributed by atoms with van der Waals surface area (Å²) in [6, 6.07) is 0. The minimum atomic E-state index is -1.05. The SMILES string of the molecule is C=C/C=C(\C)CNCC(=O)NCC(=O)O. The highest BCUT2D eigenvalue weighted by Crippen LogP contribution is 1.88. The van der Waals surface area contributed by atoms with E-state index in [4.69, 9.17) is 5.11 Å². The molecule has 0 aromatic rings. The third-order valence-electron chi connectivity index (χ3n) is 1.53. The fraction of sp³-hybridized carbons (Fsp3) is 0.400. The van der Waals surface area contributed by atoms with E-state index in [0.29, 0.717) is 6.54 Å². The van der Waals surface area contributed by atoms with Gasteiger partial charge in [0.1, 0.15) is 6.54 Å². The van der Waals surface area contributed by atoms with E-state index in [1.807, 2.05) is 13.0 Å². The molecule has 0 spiro atoms. The quantitative estimate of drug-likeness (QED) is 0.515. The smallest absolute Gasteiger partial charge is 0.322 e. The normalized spacial score (nSPS) is 10.9. The van der Waals surface area contributed by atoms with Gasteiger partial charge < -0.3 is 15.7 Å². The summed E-state index contributed by atoms with van der Waals surface area (Å²) in [6.45, 7) is 5.79. The molecule has 0 aromatic carbocycles. The molecule has 0 aliphatic rings. The Morgan fingerprint density at radius 3 is 2.53 bits per heavy atom. The molecule has 5 heteroatoms. The molecule has 0 saturated carbocycles. The second-order valence-electron chi connectivity index (χ2n) is 3.02. The van der Waals surface area contributed by atoms with E-state index >= 15 is 0 Å². The number of allylic oxidation sites excluding steroid dienone is 2. The Labute approximate surface area is 88.9 Å². The van der Waals surface area contributed by atoms with Crippen LogP contribution in [-0.4, -0.2) is 36.6 Å². The Balaban J connectivity index is 3.59. The number of amides is 1. The summed E-state index contributed by atoms with van der Waals surface area (Å²) in [5.74, 6) is -1.38. The molecule has 0 aliphatic heterocycles. The van der Waals surface area contributed by atoms with Gasteiger partial charge in [0, 0.05) is 6.54 Å². The van der Waals surface area contributed by atoms with Crippen LogP contribution in [0.1, 0.15) is 6.92 Å². The zero-order valence-electron chi connectivity index (χ0n) is 8.75. The maximum absolute atomic E-state index is 11.0. The van der Waals surface area contributed by atoms with Gasteiger partial charge in [-0.05, 0) is 6.92 Å². The lowest BCUT2D eigenvalue weighted by Gasteiger charge is -2.04. The van der Waals surface area contributed by atoms with Gasteiger partial charge in [-0.25, -0.2) is 0 Å². The van der Waals surface area contributed by atoms with Gasteiger partial charge in [0.2, 0.25) is 5.91 Å². The van der Waals surface area contributed by atoms with Gasteiger partial charge in [-0.3, -0.25) is 9.59 Å². The first-order chi connectivity index (χ1) is 7.06. The Morgan fingerprint density at radius 1 is 1.33 bits per heavy atom. The monoisotopic (exact) mass is 212 g/mol. The molecule has 0 atom stereocenters. The number of carboxylic acid groups (broad SMARTS) is 1. The Kier molecular flexibility index (Phi) is 6.92. The van der Waals surface area contributed by atoms with E-state index in [9.17, 15) is 9.59 Å². The highest BCUT2D eigenvalue weighted by molar-refractivity contribution is 5.82. The zero-order chi connectivity index (χ0) is 11.7. The predicted molar refractivity (Wildman–Crippen MR) is 57.5 cm³/mol. The van der Waals surface area contributed by atoms with E-state index in [-0.39, 0.29) is 19.0 Å². The summed E-state index contributed by atoms with van der Waals surface area (Å²) in [4.78, 5) is 21.1. The van der Waals surface area contributed by atoms with E-state index in [1.54, 1.807) is 6.08 Å². The number of hydrogen-bond donors (Lipinski definition) is 3. The molecule has 0 heterocycles. The zero-order valence-corrected chi connectivity index (χ0v) is 8.75. The predicted octanol–water partition coefficient (Wildman–Crippen LogP) is -0.0909. The topological polar surface area (TPSA) is 78.4 Å². The summed E-state index contributed by atoms with van der Waals surface area (Å²) in [6.07, 6.45) is 3.50. The van der Waals surface area contributed by atoms with Crippen molar-refractivity contribution >= 4 is 11.9 Å². The van der Waals surface area contributed by atoms with Gasteiger partial charge in [-0.2, -0.15) is 0 Å². The van der Waals surface area contributed by atoms with Crippen molar-refractivity contribution in [3.05, 3.63) is 24.3 Å². The van der Waals surface area contributed by atoms with Crippen molar-refractivity contribution < 1.29 is 14.7 Å². The van der Waals surface area contributed by atoms with Crippen molar-refractivity contribution in [3.63, 3.8) is 0 Å². The highest BCUT2D eigenvalue weighted by atomic mass is 16.4. The van der Waals surface area contributed by atoms with Crippen LogP contribution in [0.3, 0.4) is 0 Å². The Bertz CT molecular complexity index is 272. The van der Waals surface area contributed by atoms with Crippen LogP contribution in [0, 0.1) is 0 Å². The van der Waals surface area contributed by atoms with E-state index < -0.39 is 5.97 Å². The molecule has 5 nitrogen and oxygen atoms in total. The largest absolute Gasteiger partial charge is 0.480 e. The number of carbonyl (C=O) groups is 2. The van der Waals surface area contributed by atoms with Crippen molar-refractivity contribution in [1.29, 1.82) is 0 Å². The van der Waals surface area contributed by atoms with Crippen molar-refractivity contribution in [2.24, 2.45) is 0 Å². The first kappa shape index (κ1) is 13.4. The average Bonchev–Trinajstić information content (AvgIpc) is 2.15. The molecule has 0 aromatic heterocycles. The molecule has 0 aliphatic carbocycles. The average molecular weight is 212 g/mol. The Morgan fingerprint density at radius 2 is 2.00 bits per heavy atom. The summed E-state index contributed by atoms with van der Waals surface area (Å²) in [7, 11) is 0. The molecule has 0 fully saturated rings. The second-order valence-corrected chi connectivity index (χ2v) is 3.02. The third-order valence-corrected chi connectivity index (χ3v) is 1.53. The maximum Gasteiger partial charge on any atom is 0.322 e. The number of aliphatic carboxylic acids is 1. The summed E-state index contributed by atoms with van der Waals surface area (Å²) < 4.78 is 0. The van der Waals surface area contributed by atoms with Crippen LogP contribution in [-0.2, 0) is 9.59 Å². The fourth-order valence-corrected chi connectivity index (χ4v) is 0.870. The van der Waals surface area contributed by atoms with Crippen molar-refractivity contribution in [2.75, 3.05) is 19.6 Å². The van der Waals surface area contributed by atoms with Gasteiger partial charge in [-0.15, -0.1) is 0 Å². The molecule has 0 bridgehead atoms. The molecule has 0 unspecified atom stereocenters. The molecule has 0 saturated heterocycles. The lowest BCUT2D eigenvalue weighted by molar-refractivity contribution is -0.137. The second kappa shape index (κ2) is 7.75. The lowest BCUT2D eigenvalue weighted by atomic mass is 10.3. The fourth-order valence-electron chi connectivity index (χ4n) is 0.870. The number of rotatable bonds is 7. The number of carbonyl (C=O) groups excluding carboxylic acids is 1. The molecular formula is C10H16N2O3. The highest BCUT2D eigenvalue weighted by Gasteiger charge is 2.02. The lowest BCUT2D eigenvalue weighted by Crippen LogP contribution is -2.37. The van der Waals surface area contributed by atoms with Crippen LogP contribution in [0.25, 0.3) is 0 Å². The molecule has 3 N–H and O–H groups in total. The first-order valence-electron chi connectivity index (χ1n) is 4.53. The van der Waals surface area contributed by atoms with Crippen molar-refractivity contribution in [3.8, 4) is 0 Å². The van der Waals surface area contributed by atoms with Crippen LogP contribution >= 0.6 is 0 Å². The first-order valence-corrected chi connectivity index (χ1v) is 4.53. The van der Waals surface area contributed by atoms with Crippen LogP contribution in [0.2, 0.25) is 0 Å². The van der Waals surface area contributed by atoms with Crippen LogP contribution < -0.4 is 10.6 Å². The molecule has 0 radical (unpaired) electrons. The number of hydrogen-bond acceptors (Lipinski definition) is 3. The van der Waals surface area contributed by atoms with E-state index in [0.717, 1.165) is 5.57 Å². The van der Waals surface area contributed by atoms with Crippen molar-refractivity contribution in [2.45, 2.75) is 6.92 Å². The van der Waals surface area contributed by atoms with Crippen LogP contribution in [0.5, 0.6) is 0 Å². The maximum atomic E-state index is 11.0.